The summed E-state index contributed by atoms with van der Waals surface area (Å²) in [5, 5.41) is 11.5. The Bertz CT molecular complexity index is 833. The normalized spacial score (nSPS) is 50.2. The van der Waals surface area contributed by atoms with Crippen molar-refractivity contribution in [1.29, 1.82) is 0 Å². The number of ketones is 2. The molecular formula is C25H36ClFO5. The summed E-state index contributed by atoms with van der Waals surface area (Å²) >= 11 is 6.03. The van der Waals surface area contributed by atoms with Crippen molar-refractivity contribution in [2.75, 3.05) is 5.88 Å². The van der Waals surface area contributed by atoms with Crippen LogP contribution >= 0.6 is 11.6 Å². The third-order valence-electron chi connectivity index (χ3n) is 10.2. The number of rotatable bonds is 4. The predicted octanol–water partition coefficient (Wildman–Crippen LogP) is 4.41. The van der Waals surface area contributed by atoms with Crippen molar-refractivity contribution in [2.45, 2.75) is 96.4 Å². The highest BCUT2D eigenvalue weighted by molar-refractivity contribution is 6.29. The average molecular weight is 471 g/mol. The largest absolute Gasteiger partial charge is 0.450 e. The molecule has 0 bridgehead atoms. The lowest BCUT2D eigenvalue weighted by Crippen LogP contribution is -2.71. The van der Waals surface area contributed by atoms with Gasteiger partial charge in [-0.05, 0) is 49.9 Å². The second-order valence-corrected chi connectivity index (χ2v) is 11.6. The standard InChI is InChI=1S/C25H36ClFO5/c1-5-21(31)32-25(20(30)13-26)14(2)10-18-17-7-6-15-11-16(28)8-9-22(15,3)24(17,27)19(29)12-23(18,25)4/h14-15,17-19,29H,5-13H2,1-4H3/t14?,15?,17?,18?,19?,22?,23?,24-,25-/m0/s1. The number of aliphatic hydroxyl groups is 1. The van der Waals surface area contributed by atoms with Gasteiger partial charge in [-0.25, -0.2) is 4.39 Å². The van der Waals surface area contributed by atoms with Crippen molar-refractivity contribution < 1.29 is 28.6 Å². The second-order valence-electron chi connectivity index (χ2n) is 11.3. The van der Waals surface area contributed by atoms with Gasteiger partial charge in [0.15, 0.2) is 11.4 Å². The van der Waals surface area contributed by atoms with Gasteiger partial charge in [-0.1, -0.05) is 27.7 Å². The van der Waals surface area contributed by atoms with Crippen LogP contribution in [-0.4, -0.2) is 45.9 Å². The van der Waals surface area contributed by atoms with Crippen LogP contribution in [0.2, 0.25) is 0 Å². The van der Waals surface area contributed by atoms with E-state index in [0.29, 0.717) is 32.1 Å². The van der Waals surface area contributed by atoms with Crippen LogP contribution in [0.3, 0.4) is 0 Å². The highest BCUT2D eigenvalue weighted by atomic mass is 35.5. The van der Waals surface area contributed by atoms with Crippen LogP contribution in [-0.2, 0) is 19.1 Å². The van der Waals surface area contributed by atoms with Crippen molar-refractivity contribution >= 4 is 29.1 Å². The van der Waals surface area contributed by atoms with Crippen LogP contribution in [0.5, 0.6) is 0 Å². The van der Waals surface area contributed by atoms with E-state index in [0.717, 1.165) is 6.42 Å². The van der Waals surface area contributed by atoms with Gasteiger partial charge >= 0.3 is 5.97 Å². The van der Waals surface area contributed by atoms with E-state index in [2.05, 4.69) is 0 Å². The summed E-state index contributed by atoms with van der Waals surface area (Å²) in [5.41, 5.74) is -4.99. The molecule has 7 unspecified atom stereocenters. The molecule has 0 amide bonds. The van der Waals surface area contributed by atoms with Gasteiger partial charge < -0.3 is 9.84 Å². The molecular weight excluding hydrogens is 435 g/mol. The summed E-state index contributed by atoms with van der Waals surface area (Å²) in [7, 11) is 0. The number of esters is 1. The number of carbonyl (C=O) groups is 3. The van der Waals surface area contributed by atoms with Gasteiger partial charge in [-0.2, -0.15) is 0 Å². The number of alkyl halides is 2. The van der Waals surface area contributed by atoms with E-state index in [-0.39, 0.29) is 48.0 Å². The molecule has 0 aromatic carbocycles. The smallest absolute Gasteiger partial charge is 0.306 e. The van der Waals surface area contributed by atoms with E-state index in [9.17, 15) is 19.5 Å². The Balaban J connectivity index is 1.81. The van der Waals surface area contributed by atoms with Crippen molar-refractivity contribution in [1.82, 2.24) is 0 Å². The highest BCUT2D eigenvalue weighted by Crippen LogP contribution is 2.72. The summed E-state index contributed by atoms with van der Waals surface area (Å²) in [6.07, 6.45) is 1.85. The third kappa shape index (κ3) is 2.80. The molecule has 7 heteroatoms. The Morgan fingerprint density at radius 2 is 1.91 bits per heavy atom. The summed E-state index contributed by atoms with van der Waals surface area (Å²) in [6.45, 7) is 7.36. The molecule has 4 rings (SSSR count). The van der Waals surface area contributed by atoms with E-state index in [1.54, 1.807) is 6.92 Å². The zero-order chi connectivity index (χ0) is 23.7. The number of aliphatic hydroxyl groups excluding tert-OH is 1. The number of Topliss-reactive ketones (excluding diaryl/α,β-unsaturated/α-hetero) is 2. The molecule has 0 aromatic heterocycles. The van der Waals surface area contributed by atoms with Crippen molar-refractivity contribution in [3.8, 4) is 0 Å². The van der Waals surface area contributed by atoms with Gasteiger partial charge in [0.25, 0.3) is 0 Å². The predicted molar refractivity (Wildman–Crippen MR) is 118 cm³/mol. The Morgan fingerprint density at radius 1 is 1.22 bits per heavy atom. The number of ether oxygens (including phenoxy) is 1. The molecule has 0 saturated heterocycles. The average Bonchev–Trinajstić information content (AvgIpc) is 2.96. The first-order valence-electron chi connectivity index (χ1n) is 12.1. The quantitative estimate of drug-likeness (QED) is 0.486. The van der Waals surface area contributed by atoms with Gasteiger partial charge in [0.1, 0.15) is 11.5 Å². The molecule has 1 N–H and O–H groups in total. The van der Waals surface area contributed by atoms with Crippen LogP contribution in [0.1, 0.15) is 79.1 Å². The fourth-order valence-electron chi connectivity index (χ4n) is 8.59. The molecule has 0 spiro atoms. The van der Waals surface area contributed by atoms with Crippen LogP contribution in [0.25, 0.3) is 0 Å². The maximum atomic E-state index is 17.3. The number of hydrogen-bond acceptors (Lipinski definition) is 5. The van der Waals surface area contributed by atoms with E-state index in [4.69, 9.17) is 16.3 Å². The molecule has 9 atom stereocenters. The van der Waals surface area contributed by atoms with Gasteiger partial charge in [0.2, 0.25) is 0 Å². The van der Waals surface area contributed by atoms with Crippen LogP contribution in [0, 0.1) is 34.5 Å². The summed E-state index contributed by atoms with van der Waals surface area (Å²) in [6, 6.07) is 0. The van der Waals surface area contributed by atoms with Crippen molar-refractivity contribution in [2.24, 2.45) is 34.5 Å². The summed E-state index contributed by atoms with van der Waals surface area (Å²) in [5.74, 6) is -2.05. The first-order chi connectivity index (χ1) is 14.9. The molecule has 0 radical (unpaired) electrons. The lowest BCUT2D eigenvalue weighted by atomic mass is 9.42. The SMILES string of the molecule is CCC(=O)O[C@]1(C(=O)CCl)C(C)CC2C3CCC4CC(=O)CCC4(C)[C@@]3(F)C(O)CC21C. The Kier molecular flexibility index (Phi) is 5.85. The fourth-order valence-corrected chi connectivity index (χ4v) is 8.79. The van der Waals surface area contributed by atoms with Crippen molar-refractivity contribution in [3.63, 3.8) is 0 Å². The van der Waals surface area contributed by atoms with Gasteiger partial charge in [-0.15, -0.1) is 11.6 Å². The topological polar surface area (TPSA) is 80.7 Å². The minimum atomic E-state index is -1.84. The second kappa shape index (κ2) is 7.76. The molecule has 180 valence electrons. The minimum Gasteiger partial charge on any atom is -0.450 e. The van der Waals surface area contributed by atoms with Gasteiger partial charge in [0, 0.05) is 36.0 Å². The first-order valence-corrected chi connectivity index (χ1v) is 12.7. The Labute approximate surface area is 194 Å². The first kappa shape index (κ1) is 24.1. The summed E-state index contributed by atoms with van der Waals surface area (Å²) in [4.78, 5) is 37.9. The molecule has 4 saturated carbocycles. The van der Waals surface area contributed by atoms with Crippen molar-refractivity contribution in [3.05, 3.63) is 0 Å². The monoisotopic (exact) mass is 470 g/mol. The fraction of sp³-hybridized carbons (Fsp3) is 0.880. The molecule has 0 heterocycles. The molecule has 0 aromatic rings. The minimum absolute atomic E-state index is 0.0326. The molecule has 0 aliphatic heterocycles. The highest BCUT2D eigenvalue weighted by Gasteiger charge is 2.77. The number of hydrogen-bond donors (Lipinski definition) is 1. The lowest BCUT2D eigenvalue weighted by molar-refractivity contribution is -0.257. The molecule has 32 heavy (non-hydrogen) atoms. The van der Waals surface area contributed by atoms with E-state index < -0.39 is 40.1 Å². The zero-order valence-corrected chi connectivity index (χ0v) is 20.3. The molecule has 5 nitrogen and oxygen atoms in total. The summed E-state index contributed by atoms with van der Waals surface area (Å²) < 4.78 is 23.2. The number of carbonyl (C=O) groups excluding carboxylic acids is 3. The molecule has 4 aliphatic rings. The van der Waals surface area contributed by atoms with Gasteiger partial charge in [0.05, 0.1) is 12.0 Å². The zero-order valence-electron chi connectivity index (χ0n) is 19.6. The van der Waals surface area contributed by atoms with Crippen LogP contribution < -0.4 is 0 Å². The number of halogens is 2. The molecule has 4 aliphatic carbocycles. The third-order valence-corrected chi connectivity index (χ3v) is 10.4. The maximum absolute atomic E-state index is 17.3. The van der Waals surface area contributed by atoms with Crippen LogP contribution in [0.4, 0.5) is 4.39 Å². The lowest BCUT2D eigenvalue weighted by Gasteiger charge is -2.65. The molecule has 4 fully saturated rings. The van der Waals surface area contributed by atoms with E-state index in [1.165, 1.54) is 0 Å². The van der Waals surface area contributed by atoms with E-state index >= 15 is 4.39 Å². The Hall–Kier alpha value is -1.01. The number of fused-ring (bicyclic) bond motifs is 5. The van der Waals surface area contributed by atoms with Gasteiger partial charge in [-0.3, -0.25) is 14.4 Å². The Morgan fingerprint density at radius 3 is 2.53 bits per heavy atom. The van der Waals surface area contributed by atoms with Crippen LogP contribution in [0.15, 0.2) is 0 Å². The maximum Gasteiger partial charge on any atom is 0.306 e. The van der Waals surface area contributed by atoms with E-state index in [1.807, 2.05) is 20.8 Å².